The van der Waals surface area contributed by atoms with Crippen molar-refractivity contribution in [2.45, 2.75) is 35.6 Å². The van der Waals surface area contributed by atoms with Crippen LogP contribution in [0.1, 0.15) is 13.8 Å². The van der Waals surface area contributed by atoms with Gasteiger partial charge in [0, 0.05) is 36.2 Å². The van der Waals surface area contributed by atoms with E-state index in [1.165, 1.54) is 24.3 Å². The molecule has 1 aromatic carbocycles. The molecular weight excluding hydrogens is 424 g/mol. The monoisotopic (exact) mass is 450 g/mol. The Morgan fingerprint density at radius 1 is 1.18 bits per heavy atom. The Morgan fingerprint density at radius 2 is 1.79 bits per heavy atom. The fourth-order valence-electron chi connectivity index (χ4n) is 3.77. The van der Waals surface area contributed by atoms with E-state index < -0.39 is 31.0 Å². The molecule has 2 aliphatic heterocycles. The first kappa shape index (κ1) is 22.0. The van der Waals surface area contributed by atoms with E-state index in [-0.39, 0.29) is 21.9 Å². The average molecular weight is 451 g/mol. The predicted molar refractivity (Wildman–Crippen MR) is 109 cm³/mol. The summed E-state index contributed by atoms with van der Waals surface area (Å²) < 4.78 is 56.1. The maximum atomic E-state index is 13.1. The summed E-state index contributed by atoms with van der Waals surface area (Å²) in [5.41, 5.74) is -0.245. The van der Waals surface area contributed by atoms with Gasteiger partial charge in [0.15, 0.2) is 19.7 Å². The van der Waals surface area contributed by atoms with Crippen LogP contribution in [0.15, 0.2) is 29.2 Å². The Hall–Kier alpha value is -0.710. The summed E-state index contributed by atoms with van der Waals surface area (Å²) in [4.78, 5) is 2.37. The number of morpholine rings is 1. The highest BCUT2D eigenvalue weighted by Crippen LogP contribution is 2.27. The molecule has 28 heavy (non-hydrogen) atoms. The van der Waals surface area contributed by atoms with Crippen LogP contribution in [-0.2, 0) is 24.4 Å². The van der Waals surface area contributed by atoms with Crippen LogP contribution in [0, 0.1) is 0 Å². The summed E-state index contributed by atoms with van der Waals surface area (Å²) >= 11 is 5.85. The topological polar surface area (TPSA) is 92.8 Å². The molecule has 2 heterocycles. The third-order valence-corrected chi connectivity index (χ3v) is 9.92. The van der Waals surface area contributed by atoms with Crippen LogP contribution in [0.25, 0.3) is 0 Å². The van der Waals surface area contributed by atoms with Crippen molar-refractivity contribution in [1.29, 1.82) is 0 Å². The summed E-state index contributed by atoms with van der Waals surface area (Å²) in [5.74, 6) is -0.544. The minimum absolute atomic E-state index is 0.0956. The largest absolute Gasteiger partial charge is 0.379 e. The smallest absolute Gasteiger partial charge is 0.183 e. The molecule has 7 nitrogen and oxygen atoms in total. The molecule has 2 fully saturated rings. The number of hydrogen-bond acceptors (Lipinski definition) is 7. The van der Waals surface area contributed by atoms with Crippen LogP contribution in [0.2, 0.25) is 5.02 Å². The first-order valence-corrected chi connectivity index (χ1v) is 13.0. The first-order valence-electron chi connectivity index (χ1n) is 9.27. The molecule has 0 aromatic heterocycles. The zero-order valence-corrected chi connectivity index (χ0v) is 18.5. The second kappa shape index (κ2) is 8.20. The number of rotatable bonds is 6. The van der Waals surface area contributed by atoms with Gasteiger partial charge in [-0.05, 0) is 38.1 Å². The Morgan fingerprint density at radius 3 is 2.39 bits per heavy atom. The minimum atomic E-state index is -3.80. The Kier molecular flexibility index (Phi) is 6.44. The number of nitrogens with one attached hydrogen (secondary N) is 1. The maximum absolute atomic E-state index is 13.1. The van der Waals surface area contributed by atoms with Crippen molar-refractivity contribution in [1.82, 2.24) is 10.2 Å². The van der Waals surface area contributed by atoms with Crippen molar-refractivity contribution in [2.75, 3.05) is 44.4 Å². The van der Waals surface area contributed by atoms with E-state index in [0.29, 0.717) is 24.8 Å². The van der Waals surface area contributed by atoms with Gasteiger partial charge in [0.25, 0.3) is 0 Å². The van der Waals surface area contributed by atoms with E-state index >= 15 is 0 Å². The Bertz CT molecular complexity index is 894. The lowest BCUT2D eigenvalue weighted by molar-refractivity contribution is -0.0101. The molecule has 0 unspecified atom stereocenters. The van der Waals surface area contributed by atoms with Gasteiger partial charge in [-0.1, -0.05) is 11.6 Å². The molecule has 2 saturated heterocycles. The number of sulfone groups is 2. The number of nitrogens with zero attached hydrogens (tertiary/aromatic N) is 1. The van der Waals surface area contributed by atoms with E-state index in [4.69, 9.17) is 16.3 Å². The Balaban J connectivity index is 1.77. The van der Waals surface area contributed by atoms with Crippen LogP contribution in [0.5, 0.6) is 0 Å². The SMILES string of the molecule is CC(C)(CN[C@H]1CS(=O)(=O)C[C@@H]1S(=O)(=O)c1ccc(Cl)cc1)N1CCOCC1. The average Bonchev–Trinajstić information content (AvgIpc) is 2.97. The van der Waals surface area contributed by atoms with Crippen molar-refractivity contribution >= 4 is 31.3 Å². The summed E-state index contributed by atoms with van der Waals surface area (Å²) in [6.45, 7) is 7.53. The molecule has 3 rings (SSSR count). The van der Waals surface area contributed by atoms with Gasteiger partial charge in [-0.3, -0.25) is 4.90 Å². The zero-order valence-electron chi connectivity index (χ0n) is 16.1. The normalized spacial score (nSPS) is 26.4. The molecule has 2 aliphatic rings. The van der Waals surface area contributed by atoms with Gasteiger partial charge in [-0.15, -0.1) is 0 Å². The fraction of sp³-hybridized carbons (Fsp3) is 0.667. The molecule has 0 bridgehead atoms. The standard InChI is InChI=1S/C18H27ClN2O5S2/c1-18(2,21-7-9-26-10-8-21)13-20-16-11-27(22,23)12-17(16)28(24,25)15-5-3-14(19)4-6-15/h3-6,16-17,20H,7-13H2,1-2H3/t16-,17-/m0/s1. The molecule has 0 radical (unpaired) electrons. The summed E-state index contributed by atoms with van der Waals surface area (Å²) in [6.07, 6.45) is 0. The van der Waals surface area contributed by atoms with Crippen molar-refractivity contribution in [2.24, 2.45) is 0 Å². The highest BCUT2D eigenvalue weighted by molar-refractivity contribution is 7.96. The molecule has 1 N–H and O–H groups in total. The lowest BCUT2D eigenvalue weighted by Gasteiger charge is -2.41. The maximum Gasteiger partial charge on any atom is 0.183 e. The van der Waals surface area contributed by atoms with Gasteiger partial charge in [0.2, 0.25) is 0 Å². The molecular formula is C18H27ClN2O5S2. The molecule has 158 valence electrons. The molecule has 0 saturated carbocycles. The third-order valence-electron chi connectivity index (χ3n) is 5.51. The molecule has 1 aromatic rings. The van der Waals surface area contributed by atoms with E-state index in [1.54, 1.807) is 0 Å². The molecule has 10 heteroatoms. The van der Waals surface area contributed by atoms with Crippen molar-refractivity contribution in [3.63, 3.8) is 0 Å². The van der Waals surface area contributed by atoms with Gasteiger partial charge in [-0.25, -0.2) is 16.8 Å². The van der Waals surface area contributed by atoms with Gasteiger partial charge in [0.1, 0.15) is 0 Å². The summed E-state index contributed by atoms with van der Waals surface area (Å²) in [6, 6.07) is 5.21. The van der Waals surface area contributed by atoms with E-state index in [1.807, 2.05) is 0 Å². The zero-order chi connectivity index (χ0) is 20.6. The predicted octanol–water partition coefficient (Wildman–Crippen LogP) is 0.980. The van der Waals surface area contributed by atoms with Gasteiger partial charge >= 0.3 is 0 Å². The van der Waals surface area contributed by atoms with Crippen molar-refractivity contribution in [3.8, 4) is 0 Å². The van der Waals surface area contributed by atoms with E-state index in [2.05, 4.69) is 24.1 Å². The van der Waals surface area contributed by atoms with Crippen LogP contribution >= 0.6 is 11.6 Å². The van der Waals surface area contributed by atoms with Gasteiger partial charge < -0.3 is 10.1 Å². The van der Waals surface area contributed by atoms with Gasteiger partial charge in [0.05, 0.1) is 34.9 Å². The molecule has 0 spiro atoms. The van der Waals surface area contributed by atoms with E-state index in [9.17, 15) is 16.8 Å². The minimum Gasteiger partial charge on any atom is -0.379 e. The van der Waals surface area contributed by atoms with Gasteiger partial charge in [-0.2, -0.15) is 0 Å². The molecule has 0 amide bonds. The highest BCUT2D eigenvalue weighted by Gasteiger charge is 2.46. The lowest BCUT2D eigenvalue weighted by Crippen LogP contribution is -2.57. The van der Waals surface area contributed by atoms with Crippen molar-refractivity contribution < 1.29 is 21.6 Å². The number of benzene rings is 1. The van der Waals surface area contributed by atoms with Crippen LogP contribution in [0.3, 0.4) is 0 Å². The summed E-state index contributed by atoms with van der Waals surface area (Å²) in [5, 5.41) is 2.66. The number of ether oxygens (including phenoxy) is 1. The van der Waals surface area contributed by atoms with Crippen LogP contribution < -0.4 is 5.32 Å². The third kappa shape index (κ3) is 4.88. The summed E-state index contributed by atoms with van der Waals surface area (Å²) in [7, 11) is -7.24. The fourth-order valence-corrected chi connectivity index (χ4v) is 8.61. The molecule has 0 aliphatic carbocycles. The van der Waals surface area contributed by atoms with Crippen LogP contribution in [0.4, 0.5) is 0 Å². The quantitative estimate of drug-likeness (QED) is 0.690. The number of halogens is 1. The lowest BCUT2D eigenvalue weighted by atomic mass is 10.0. The highest BCUT2D eigenvalue weighted by atomic mass is 35.5. The number of hydrogen-bond donors (Lipinski definition) is 1. The second-order valence-corrected chi connectivity index (χ2v) is 12.8. The van der Waals surface area contributed by atoms with Crippen molar-refractivity contribution in [3.05, 3.63) is 29.3 Å². The van der Waals surface area contributed by atoms with Crippen LogP contribution in [-0.4, -0.2) is 82.9 Å². The van der Waals surface area contributed by atoms with E-state index in [0.717, 1.165) is 13.1 Å². The Labute approximate surface area is 172 Å². The second-order valence-electron chi connectivity index (χ2n) is 8.01. The molecule has 2 atom stereocenters. The first-order chi connectivity index (χ1) is 13.0.